The van der Waals surface area contributed by atoms with Crippen molar-refractivity contribution in [3.63, 3.8) is 0 Å². The number of fused-ring (bicyclic) bond motifs is 6. The molecule has 1 heteroatoms. The van der Waals surface area contributed by atoms with Crippen molar-refractivity contribution >= 4 is 54.3 Å². The third-order valence-corrected chi connectivity index (χ3v) is 7.48. The van der Waals surface area contributed by atoms with E-state index in [0.717, 1.165) is 0 Å². The van der Waals surface area contributed by atoms with E-state index in [1.807, 2.05) is 0 Å². The number of hydrogen-bond acceptors (Lipinski definition) is 1. The highest BCUT2D eigenvalue weighted by atomic mass is 16.3. The zero-order chi connectivity index (χ0) is 44.9. The van der Waals surface area contributed by atoms with Gasteiger partial charge >= 0.3 is 0 Å². The minimum absolute atomic E-state index is 0.194. The van der Waals surface area contributed by atoms with E-state index >= 15 is 0 Å². The summed E-state index contributed by atoms with van der Waals surface area (Å²) in [5.74, 6) is 0. The molecule has 1 heterocycles. The number of benzene rings is 8. The average molecular weight is 566 g/mol. The van der Waals surface area contributed by atoms with Crippen LogP contribution in [0, 0.1) is 0 Å². The van der Waals surface area contributed by atoms with Gasteiger partial charge in [0.15, 0.2) is 0 Å². The van der Waals surface area contributed by atoms with Gasteiger partial charge in [-0.05, 0) is 89.9 Å². The zero-order valence-corrected chi connectivity index (χ0v) is 21.9. The molecule has 0 amide bonds. The fourth-order valence-electron chi connectivity index (χ4n) is 5.62. The lowest BCUT2D eigenvalue weighted by molar-refractivity contribution is 0.669. The normalized spacial score (nSPS) is 17.9. The Kier molecular flexibility index (Phi) is 2.61. The van der Waals surface area contributed by atoms with Crippen LogP contribution in [0.2, 0.25) is 0 Å². The Labute approximate surface area is 275 Å². The first kappa shape index (κ1) is 11.9. The lowest BCUT2D eigenvalue weighted by atomic mass is 9.84. The molecule has 0 aliphatic rings. The molecule has 1 nitrogen and oxygen atoms in total. The van der Waals surface area contributed by atoms with E-state index in [4.69, 9.17) is 20.9 Å². The van der Waals surface area contributed by atoms with Gasteiger partial charge in [0.2, 0.25) is 0 Å². The van der Waals surface area contributed by atoms with Crippen LogP contribution < -0.4 is 0 Å². The lowest BCUT2D eigenvalue weighted by Gasteiger charge is -2.19. The summed E-state index contributed by atoms with van der Waals surface area (Å²) in [4.78, 5) is 0. The van der Waals surface area contributed by atoms with Crippen LogP contribution in [0.15, 0.2) is 162 Å². The van der Waals surface area contributed by atoms with Crippen molar-refractivity contribution in [3.8, 4) is 33.4 Å². The van der Waals surface area contributed by atoms with Crippen molar-refractivity contribution in [2.45, 2.75) is 0 Å². The van der Waals surface area contributed by atoms with E-state index in [2.05, 4.69) is 0 Å². The SMILES string of the molecule is [2H]c1c([2H])c(-c2ccc3oc4ccccc4c3c2)c([2H])c(-c2c3c([2H])c([2H])c([2H])c([2H])c3c(-c3c([2H])c([2H])c([2H])c4c([2H])c([2H])c([2H])c([2H])c34)c3c([2H])c([2H])c([2H])c([2H])c23)c1[2H]. The summed E-state index contributed by atoms with van der Waals surface area (Å²) < 4.78 is 177. The molecule has 8 aromatic carbocycles. The Morgan fingerprint density at radius 3 is 1.81 bits per heavy atom. The van der Waals surface area contributed by atoms with Gasteiger partial charge in [0, 0.05) is 10.8 Å². The molecule has 0 aliphatic heterocycles. The quantitative estimate of drug-likeness (QED) is 0.194. The second kappa shape index (κ2) is 9.44. The fraction of sp³-hybridized carbons (Fsp3) is 0. The van der Waals surface area contributed by atoms with E-state index in [-0.39, 0.29) is 11.1 Å². The van der Waals surface area contributed by atoms with Gasteiger partial charge in [-0.2, -0.15) is 0 Å². The highest BCUT2D eigenvalue weighted by Crippen LogP contribution is 2.45. The molecule has 0 saturated carbocycles. The van der Waals surface area contributed by atoms with Crippen molar-refractivity contribution in [1.82, 2.24) is 0 Å². The molecular weight excluding hydrogens is 520 g/mol. The highest BCUT2D eigenvalue weighted by molar-refractivity contribution is 6.23. The first-order valence-corrected chi connectivity index (χ1v) is 13.2. The Morgan fingerprint density at radius 1 is 0.419 bits per heavy atom. The van der Waals surface area contributed by atoms with Crippen LogP contribution in [0.4, 0.5) is 0 Å². The van der Waals surface area contributed by atoms with Crippen LogP contribution >= 0.6 is 0 Å². The molecule has 0 fully saturated rings. The maximum Gasteiger partial charge on any atom is 0.135 e. The van der Waals surface area contributed by atoms with Crippen LogP contribution in [0.25, 0.3) is 87.6 Å². The van der Waals surface area contributed by atoms with E-state index in [0.29, 0.717) is 21.9 Å². The third-order valence-electron chi connectivity index (χ3n) is 7.48. The van der Waals surface area contributed by atoms with Gasteiger partial charge in [-0.3, -0.25) is 0 Å². The Balaban J connectivity index is 1.58. The number of hydrogen-bond donors (Lipinski definition) is 0. The van der Waals surface area contributed by atoms with E-state index < -0.39 is 169 Å². The standard InChI is InChI=1S/C42H26O/c1-2-15-31-27(11-1)12-10-21-33(31)42-36-19-5-3-17-34(36)41(35-18-4-6-20-37(35)42)30-14-9-13-28(25-30)29-23-24-40-38(26-29)32-16-7-8-22-39(32)43-40/h1-26H/i1D,2D,3D,4D,5D,6D,9D,10D,11D,12D,13D,14D,15D,17D,18D,19D,20D,21D,25D. The third kappa shape index (κ3) is 3.72. The number of para-hydroxylation sites is 1. The maximum absolute atomic E-state index is 9.74. The molecule has 0 unspecified atom stereocenters. The zero-order valence-electron chi connectivity index (χ0n) is 40.9. The Morgan fingerprint density at radius 2 is 1.02 bits per heavy atom. The summed E-state index contributed by atoms with van der Waals surface area (Å²) in [7, 11) is 0. The summed E-state index contributed by atoms with van der Waals surface area (Å²) in [5.41, 5.74) is -1.13. The molecular formula is C42H26O. The van der Waals surface area contributed by atoms with Crippen LogP contribution in [-0.4, -0.2) is 0 Å². The van der Waals surface area contributed by atoms with Gasteiger partial charge in [-0.25, -0.2) is 0 Å². The summed E-state index contributed by atoms with van der Waals surface area (Å²) in [6.07, 6.45) is 0. The van der Waals surface area contributed by atoms with Gasteiger partial charge in [0.05, 0.1) is 26.0 Å². The summed E-state index contributed by atoms with van der Waals surface area (Å²) in [6.45, 7) is 0. The molecule has 1 aromatic heterocycles. The predicted octanol–water partition coefficient (Wildman–Crippen LogP) is 12.0. The van der Waals surface area contributed by atoms with Gasteiger partial charge in [-0.15, -0.1) is 0 Å². The molecule has 9 aromatic rings. The summed E-state index contributed by atoms with van der Waals surface area (Å²) in [6, 6.07) is -3.19. The molecule has 0 atom stereocenters. The first-order valence-electron chi connectivity index (χ1n) is 22.7. The van der Waals surface area contributed by atoms with Gasteiger partial charge in [0.1, 0.15) is 11.2 Å². The van der Waals surface area contributed by atoms with Crippen molar-refractivity contribution in [3.05, 3.63) is 157 Å². The van der Waals surface area contributed by atoms with Crippen molar-refractivity contribution in [2.75, 3.05) is 0 Å². The lowest BCUT2D eigenvalue weighted by Crippen LogP contribution is -1.92. The summed E-state index contributed by atoms with van der Waals surface area (Å²) >= 11 is 0. The molecule has 0 saturated heterocycles. The number of furan rings is 1. The maximum atomic E-state index is 9.74. The molecule has 200 valence electrons. The van der Waals surface area contributed by atoms with E-state index in [1.54, 1.807) is 36.4 Å². The van der Waals surface area contributed by atoms with E-state index in [9.17, 15) is 9.60 Å². The van der Waals surface area contributed by atoms with Crippen LogP contribution in [0.3, 0.4) is 0 Å². The van der Waals surface area contributed by atoms with E-state index in [1.165, 1.54) is 6.07 Å². The average Bonchev–Trinajstić information content (AvgIpc) is 3.63. The predicted molar refractivity (Wildman–Crippen MR) is 183 cm³/mol. The second-order valence-electron chi connectivity index (χ2n) is 9.81. The van der Waals surface area contributed by atoms with Crippen molar-refractivity contribution in [1.29, 1.82) is 0 Å². The smallest absolute Gasteiger partial charge is 0.135 e. The minimum Gasteiger partial charge on any atom is -0.456 e. The van der Waals surface area contributed by atoms with Gasteiger partial charge in [0.25, 0.3) is 0 Å². The van der Waals surface area contributed by atoms with Gasteiger partial charge < -0.3 is 4.42 Å². The largest absolute Gasteiger partial charge is 0.456 e. The highest BCUT2D eigenvalue weighted by Gasteiger charge is 2.18. The van der Waals surface area contributed by atoms with Crippen molar-refractivity contribution in [2.24, 2.45) is 0 Å². The minimum atomic E-state index is -0.864. The molecule has 0 N–H and O–H groups in total. The van der Waals surface area contributed by atoms with Gasteiger partial charge in [-0.1, -0.05) is 133 Å². The molecule has 0 bridgehead atoms. The van der Waals surface area contributed by atoms with Crippen LogP contribution in [0.1, 0.15) is 26.0 Å². The Hall–Kier alpha value is -5.66. The van der Waals surface area contributed by atoms with Crippen LogP contribution in [0.5, 0.6) is 0 Å². The van der Waals surface area contributed by atoms with Crippen LogP contribution in [-0.2, 0) is 0 Å². The molecule has 0 aliphatic carbocycles. The fourth-order valence-corrected chi connectivity index (χ4v) is 5.62. The monoisotopic (exact) mass is 565 g/mol. The molecule has 9 rings (SSSR count). The number of rotatable bonds is 3. The molecule has 43 heavy (non-hydrogen) atoms. The summed E-state index contributed by atoms with van der Waals surface area (Å²) in [5, 5.41) is -1.97. The first-order chi connectivity index (χ1) is 29.2. The Bertz CT molecular complexity index is 3490. The molecule has 0 spiro atoms. The second-order valence-corrected chi connectivity index (χ2v) is 9.81. The topological polar surface area (TPSA) is 13.1 Å². The van der Waals surface area contributed by atoms with Crippen molar-refractivity contribution < 1.29 is 30.5 Å². The molecule has 0 radical (unpaired) electrons.